The second kappa shape index (κ2) is 8.27. The number of H-pyrrole nitrogens is 1. The van der Waals surface area contributed by atoms with E-state index in [-0.39, 0.29) is 5.91 Å². The monoisotopic (exact) mass is 396 g/mol. The molecule has 1 N–H and O–H groups in total. The summed E-state index contributed by atoms with van der Waals surface area (Å²) in [5, 5.41) is 8.23. The quantitative estimate of drug-likeness (QED) is 0.675. The van der Waals surface area contributed by atoms with E-state index < -0.39 is 0 Å². The van der Waals surface area contributed by atoms with E-state index >= 15 is 0 Å². The first-order chi connectivity index (χ1) is 13.3. The summed E-state index contributed by atoms with van der Waals surface area (Å²) < 4.78 is 0. The lowest BCUT2D eigenvalue weighted by Crippen LogP contribution is -2.30. The Kier molecular flexibility index (Phi) is 5.98. The molecule has 0 spiro atoms. The van der Waals surface area contributed by atoms with E-state index in [1.807, 2.05) is 32.7 Å². The average molecular weight is 397 g/mol. The van der Waals surface area contributed by atoms with Gasteiger partial charge in [-0.25, -0.2) is 4.98 Å². The number of nitrogens with one attached hydrogen (secondary N) is 1. The second-order valence-electron chi connectivity index (χ2n) is 7.46. The summed E-state index contributed by atoms with van der Waals surface area (Å²) in [5.41, 5.74) is 7.81. The number of thiazole rings is 1. The van der Waals surface area contributed by atoms with E-state index in [0.717, 1.165) is 39.0 Å². The number of carbonyl (C=O) groups excluding carboxylic acids is 1. The molecule has 0 aliphatic rings. The van der Waals surface area contributed by atoms with Crippen molar-refractivity contribution in [3.8, 4) is 11.3 Å². The molecule has 1 aromatic carbocycles. The van der Waals surface area contributed by atoms with Crippen molar-refractivity contribution < 1.29 is 4.79 Å². The molecule has 2 heterocycles. The number of nitrogens with zero attached hydrogens (tertiary/aromatic N) is 3. The van der Waals surface area contributed by atoms with Crippen LogP contribution in [0.5, 0.6) is 0 Å². The van der Waals surface area contributed by atoms with E-state index in [9.17, 15) is 4.79 Å². The average Bonchev–Trinajstić information content (AvgIpc) is 3.17. The summed E-state index contributed by atoms with van der Waals surface area (Å²) in [6.45, 7) is 10.9. The summed E-state index contributed by atoms with van der Waals surface area (Å²) in [6, 6.07) is 6.37. The second-order valence-corrected chi connectivity index (χ2v) is 8.75. The topological polar surface area (TPSA) is 61.9 Å². The zero-order chi connectivity index (χ0) is 20.4. The number of hydrogen-bond acceptors (Lipinski definition) is 4. The van der Waals surface area contributed by atoms with Gasteiger partial charge in [-0.2, -0.15) is 5.10 Å². The lowest BCUT2D eigenvalue weighted by Gasteiger charge is -2.17. The van der Waals surface area contributed by atoms with Crippen molar-refractivity contribution in [1.29, 1.82) is 0 Å². The third kappa shape index (κ3) is 4.33. The number of aromatic amines is 1. The van der Waals surface area contributed by atoms with Crippen molar-refractivity contribution in [3.63, 3.8) is 0 Å². The summed E-state index contributed by atoms with van der Waals surface area (Å²) in [6.07, 6.45) is 1.19. The molecule has 0 unspecified atom stereocenters. The summed E-state index contributed by atoms with van der Waals surface area (Å²) >= 11 is 1.61. The first-order valence-electron chi connectivity index (χ1n) is 9.54. The van der Waals surface area contributed by atoms with Crippen LogP contribution in [0.1, 0.15) is 38.0 Å². The third-order valence-electron chi connectivity index (χ3n) is 5.30. The molecule has 3 aromatic rings. The fourth-order valence-electron chi connectivity index (χ4n) is 3.32. The standard InChI is InChI=1S/C22H28N4OS/c1-13-7-8-18(11-14(13)2)22-20(28-17(5)23-22)12-21(27)26(6)10-9-19-15(3)24-25-16(19)4/h7-8,11H,9-10,12H2,1-6H3,(H,24,25). The van der Waals surface area contributed by atoms with Crippen molar-refractivity contribution in [2.45, 2.75) is 47.5 Å². The largest absolute Gasteiger partial charge is 0.345 e. The molecule has 5 nitrogen and oxygen atoms in total. The highest BCUT2D eigenvalue weighted by Crippen LogP contribution is 2.30. The van der Waals surface area contributed by atoms with E-state index in [4.69, 9.17) is 4.98 Å². The molecule has 0 radical (unpaired) electrons. The molecular formula is C22H28N4OS. The molecule has 148 valence electrons. The number of likely N-dealkylation sites (N-methyl/N-ethyl adjacent to an activating group) is 1. The van der Waals surface area contributed by atoms with E-state index in [0.29, 0.717) is 13.0 Å². The Labute approximate surface area is 170 Å². The van der Waals surface area contributed by atoms with Crippen LogP contribution in [0.25, 0.3) is 11.3 Å². The van der Waals surface area contributed by atoms with Gasteiger partial charge in [-0.1, -0.05) is 12.1 Å². The SMILES string of the molecule is Cc1nc(-c2ccc(C)c(C)c2)c(CC(=O)N(C)CCc2c(C)n[nH]c2C)s1. The van der Waals surface area contributed by atoms with Gasteiger partial charge in [0.05, 0.1) is 22.8 Å². The lowest BCUT2D eigenvalue weighted by molar-refractivity contribution is -0.129. The molecule has 0 fully saturated rings. The molecule has 28 heavy (non-hydrogen) atoms. The van der Waals surface area contributed by atoms with Crippen LogP contribution in [0.2, 0.25) is 0 Å². The Morgan fingerprint density at radius 2 is 1.89 bits per heavy atom. The van der Waals surface area contributed by atoms with Crippen LogP contribution >= 0.6 is 11.3 Å². The predicted molar refractivity (Wildman–Crippen MR) is 115 cm³/mol. The first-order valence-corrected chi connectivity index (χ1v) is 10.4. The van der Waals surface area contributed by atoms with Crippen molar-refractivity contribution in [2.24, 2.45) is 0 Å². The fraction of sp³-hybridized carbons (Fsp3) is 0.409. The minimum Gasteiger partial charge on any atom is -0.345 e. The number of aromatic nitrogens is 3. The molecule has 0 saturated heterocycles. The highest BCUT2D eigenvalue weighted by molar-refractivity contribution is 7.12. The number of hydrogen-bond donors (Lipinski definition) is 1. The Morgan fingerprint density at radius 3 is 2.54 bits per heavy atom. The van der Waals surface area contributed by atoms with Gasteiger partial charge in [0, 0.05) is 29.7 Å². The number of benzene rings is 1. The molecule has 0 bridgehead atoms. The Morgan fingerprint density at radius 1 is 1.14 bits per heavy atom. The molecular weight excluding hydrogens is 368 g/mol. The number of carbonyl (C=O) groups is 1. The van der Waals surface area contributed by atoms with Gasteiger partial charge in [0.15, 0.2) is 0 Å². The van der Waals surface area contributed by atoms with Crippen LogP contribution in [-0.2, 0) is 17.6 Å². The maximum atomic E-state index is 12.8. The van der Waals surface area contributed by atoms with Crippen molar-refractivity contribution in [1.82, 2.24) is 20.1 Å². The highest BCUT2D eigenvalue weighted by atomic mass is 32.1. The Bertz CT molecular complexity index is 983. The predicted octanol–water partition coefficient (Wildman–Crippen LogP) is 4.32. The van der Waals surface area contributed by atoms with Gasteiger partial charge < -0.3 is 4.90 Å². The van der Waals surface area contributed by atoms with Crippen LogP contribution in [0.4, 0.5) is 0 Å². The minimum atomic E-state index is 0.118. The molecule has 0 atom stereocenters. The smallest absolute Gasteiger partial charge is 0.227 e. The van der Waals surface area contributed by atoms with Crippen LogP contribution in [0.15, 0.2) is 18.2 Å². The van der Waals surface area contributed by atoms with E-state index in [1.165, 1.54) is 16.7 Å². The minimum absolute atomic E-state index is 0.118. The molecule has 0 aliphatic carbocycles. The van der Waals surface area contributed by atoms with Crippen LogP contribution in [0.3, 0.4) is 0 Å². The normalized spacial score (nSPS) is 11.1. The van der Waals surface area contributed by atoms with Crippen molar-refractivity contribution in [2.75, 3.05) is 13.6 Å². The van der Waals surface area contributed by atoms with Gasteiger partial charge >= 0.3 is 0 Å². The first kappa shape index (κ1) is 20.3. The van der Waals surface area contributed by atoms with E-state index in [2.05, 4.69) is 42.2 Å². The zero-order valence-electron chi connectivity index (χ0n) is 17.5. The number of rotatable bonds is 6. The molecule has 2 aromatic heterocycles. The fourth-order valence-corrected chi connectivity index (χ4v) is 4.27. The Balaban J connectivity index is 1.72. The van der Waals surface area contributed by atoms with Gasteiger partial charge in [0.2, 0.25) is 5.91 Å². The van der Waals surface area contributed by atoms with Gasteiger partial charge in [-0.15, -0.1) is 11.3 Å². The Hall–Kier alpha value is -2.47. The summed E-state index contributed by atoms with van der Waals surface area (Å²) in [7, 11) is 1.87. The van der Waals surface area contributed by atoms with Crippen LogP contribution < -0.4 is 0 Å². The number of aryl methyl sites for hydroxylation is 5. The highest BCUT2D eigenvalue weighted by Gasteiger charge is 2.18. The molecule has 3 rings (SSSR count). The maximum Gasteiger partial charge on any atom is 0.227 e. The van der Waals surface area contributed by atoms with Gasteiger partial charge in [-0.05, 0) is 63.8 Å². The van der Waals surface area contributed by atoms with E-state index in [1.54, 1.807) is 11.3 Å². The third-order valence-corrected chi connectivity index (χ3v) is 6.27. The van der Waals surface area contributed by atoms with Crippen molar-refractivity contribution >= 4 is 17.2 Å². The van der Waals surface area contributed by atoms with Gasteiger partial charge in [-0.3, -0.25) is 9.89 Å². The molecule has 1 amide bonds. The zero-order valence-corrected chi connectivity index (χ0v) is 18.3. The maximum absolute atomic E-state index is 12.8. The van der Waals surface area contributed by atoms with Crippen LogP contribution in [0, 0.1) is 34.6 Å². The van der Waals surface area contributed by atoms with Crippen LogP contribution in [-0.4, -0.2) is 39.6 Å². The van der Waals surface area contributed by atoms with Gasteiger partial charge in [0.25, 0.3) is 0 Å². The lowest BCUT2D eigenvalue weighted by atomic mass is 10.0. The molecule has 0 saturated carbocycles. The molecule has 6 heteroatoms. The summed E-state index contributed by atoms with van der Waals surface area (Å²) in [5.74, 6) is 0.118. The van der Waals surface area contributed by atoms with Crippen molar-refractivity contribution in [3.05, 3.63) is 56.2 Å². The summed E-state index contributed by atoms with van der Waals surface area (Å²) in [4.78, 5) is 20.4. The number of amides is 1. The molecule has 0 aliphatic heterocycles. The van der Waals surface area contributed by atoms with Gasteiger partial charge in [0.1, 0.15) is 0 Å².